The van der Waals surface area contributed by atoms with Gasteiger partial charge in [-0.2, -0.15) is 10.2 Å². The summed E-state index contributed by atoms with van der Waals surface area (Å²) in [6.45, 7) is 17.7. The highest BCUT2D eigenvalue weighted by molar-refractivity contribution is 6.36. The Morgan fingerprint density at radius 2 is 1.79 bits per heavy atom. The minimum absolute atomic E-state index is 0.0102. The number of nitrogens with zero attached hydrogens (tertiary/aromatic N) is 7. The van der Waals surface area contributed by atoms with Gasteiger partial charge in [0.1, 0.15) is 5.60 Å². The predicted octanol–water partition coefficient (Wildman–Crippen LogP) is 6.90. The molecule has 4 aliphatic heterocycles. The van der Waals surface area contributed by atoms with Gasteiger partial charge in [-0.3, -0.25) is 9.58 Å². The number of likely N-dealkylation sites (tertiary alicyclic amines) is 1. The lowest BCUT2D eigenvalue weighted by Gasteiger charge is -2.56. The van der Waals surface area contributed by atoms with Gasteiger partial charge in [0, 0.05) is 68.1 Å². The molecule has 6 heterocycles. The predicted molar refractivity (Wildman–Crippen MR) is 201 cm³/mol. The lowest BCUT2D eigenvalue weighted by Crippen LogP contribution is -2.67. The average molecular weight is 738 g/mol. The van der Waals surface area contributed by atoms with Gasteiger partial charge in [0.2, 0.25) is 0 Å². The first-order valence-corrected chi connectivity index (χ1v) is 19.9. The van der Waals surface area contributed by atoms with Crippen molar-refractivity contribution in [3.63, 3.8) is 0 Å². The number of anilines is 1. The summed E-state index contributed by atoms with van der Waals surface area (Å²) < 4.78 is 28.1. The van der Waals surface area contributed by atoms with Crippen molar-refractivity contribution < 1.29 is 23.7 Å². The lowest BCUT2D eigenvalue weighted by molar-refractivity contribution is -0.101. The number of fused-ring (bicyclic) bond motifs is 1. The number of aryl methyl sites for hydroxylation is 1. The molecule has 5 fully saturated rings. The van der Waals surface area contributed by atoms with Gasteiger partial charge in [-0.1, -0.05) is 11.6 Å². The van der Waals surface area contributed by atoms with Crippen LogP contribution < -0.4 is 4.90 Å². The van der Waals surface area contributed by atoms with E-state index in [4.69, 9.17) is 40.7 Å². The van der Waals surface area contributed by atoms with Crippen LogP contribution in [0.4, 0.5) is 10.6 Å². The molecule has 12 nitrogen and oxygen atoms in total. The Balaban J connectivity index is 1.18. The second-order valence-electron chi connectivity index (χ2n) is 16.7. The summed E-state index contributed by atoms with van der Waals surface area (Å²) in [5.74, 6) is 1.01. The molecule has 284 valence electrons. The fourth-order valence-corrected chi connectivity index (χ4v) is 9.38. The highest BCUT2D eigenvalue weighted by Gasteiger charge is 2.49. The number of halogens is 1. The third-order valence-corrected chi connectivity index (χ3v) is 12.4. The molecule has 13 heteroatoms. The molecule has 1 saturated carbocycles. The molecular weight excluding hydrogens is 682 g/mol. The smallest absolute Gasteiger partial charge is 0.410 e. The van der Waals surface area contributed by atoms with Crippen LogP contribution in [0.2, 0.25) is 5.02 Å². The van der Waals surface area contributed by atoms with Crippen LogP contribution in [-0.2, 0) is 18.9 Å². The summed E-state index contributed by atoms with van der Waals surface area (Å²) in [5.41, 5.74) is 4.74. The minimum atomic E-state index is -0.523. The van der Waals surface area contributed by atoms with Crippen molar-refractivity contribution in [3.05, 3.63) is 28.5 Å². The Labute approximate surface area is 312 Å². The van der Waals surface area contributed by atoms with Gasteiger partial charge in [-0.05, 0) is 97.6 Å². The minimum Gasteiger partial charge on any atom is -0.444 e. The SMILES string of the molecule is Cc1cc2c(cnn2C2CCCCO2)c(-c2c(N3CCN(C[C@@H]4COCCO4)CC34CCC4)nn(C3CCN(C(=O)OC(C)(C)C)CC3)c2C)c1Cl. The highest BCUT2D eigenvalue weighted by atomic mass is 35.5. The summed E-state index contributed by atoms with van der Waals surface area (Å²) in [4.78, 5) is 20.0. The van der Waals surface area contributed by atoms with E-state index >= 15 is 0 Å². The maximum atomic E-state index is 13.0. The van der Waals surface area contributed by atoms with Crippen LogP contribution in [0, 0.1) is 13.8 Å². The fourth-order valence-electron chi connectivity index (χ4n) is 9.13. The van der Waals surface area contributed by atoms with Gasteiger partial charge in [0.25, 0.3) is 0 Å². The van der Waals surface area contributed by atoms with Crippen molar-refractivity contribution >= 4 is 34.4 Å². The van der Waals surface area contributed by atoms with Crippen LogP contribution in [0.1, 0.15) is 95.7 Å². The molecule has 52 heavy (non-hydrogen) atoms. The van der Waals surface area contributed by atoms with Crippen LogP contribution in [0.5, 0.6) is 0 Å². The van der Waals surface area contributed by atoms with Gasteiger partial charge in [0.15, 0.2) is 12.0 Å². The fraction of sp³-hybridized carbons (Fsp3) is 0.718. The maximum absolute atomic E-state index is 13.0. The molecule has 1 amide bonds. The Morgan fingerprint density at radius 3 is 2.46 bits per heavy atom. The third-order valence-electron chi connectivity index (χ3n) is 11.9. The topological polar surface area (TPSA) is 99.4 Å². The largest absolute Gasteiger partial charge is 0.444 e. The monoisotopic (exact) mass is 737 g/mol. The van der Waals surface area contributed by atoms with E-state index in [0.717, 1.165) is 122 Å². The lowest BCUT2D eigenvalue weighted by atomic mass is 9.73. The summed E-state index contributed by atoms with van der Waals surface area (Å²) in [5, 5.41) is 12.3. The zero-order valence-electron chi connectivity index (χ0n) is 31.7. The summed E-state index contributed by atoms with van der Waals surface area (Å²) in [6, 6.07) is 2.31. The highest BCUT2D eigenvalue weighted by Crippen LogP contribution is 2.50. The van der Waals surface area contributed by atoms with Crippen LogP contribution in [0.3, 0.4) is 0 Å². The quantitative estimate of drug-likeness (QED) is 0.268. The Morgan fingerprint density at radius 1 is 0.981 bits per heavy atom. The average Bonchev–Trinajstić information content (AvgIpc) is 3.69. The van der Waals surface area contributed by atoms with E-state index in [2.05, 4.69) is 39.1 Å². The Bertz CT molecular complexity index is 1760. The molecule has 1 aliphatic carbocycles. The number of hydrogen-bond donors (Lipinski definition) is 0. The molecule has 4 saturated heterocycles. The van der Waals surface area contributed by atoms with Gasteiger partial charge < -0.3 is 28.7 Å². The number of aromatic nitrogens is 4. The molecule has 8 rings (SSSR count). The number of carbonyl (C=O) groups excluding carboxylic acids is 1. The van der Waals surface area contributed by atoms with Gasteiger partial charge >= 0.3 is 6.09 Å². The zero-order valence-corrected chi connectivity index (χ0v) is 32.4. The summed E-state index contributed by atoms with van der Waals surface area (Å²) >= 11 is 7.42. The molecule has 0 N–H and O–H groups in total. The van der Waals surface area contributed by atoms with Crippen LogP contribution >= 0.6 is 11.6 Å². The maximum Gasteiger partial charge on any atom is 0.410 e. The molecule has 2 aromatic heterocycles. The van der Waals surface area contributed by atoms with E-state index in [1.54, 1.807) is 0 Å². The number of amides is 1. The molecule has 1 spiro atoms. The van der Waals surface area contributed by atoms with Crippen LogP contribution in [0.25, 0.3) is 22.0 Å². The number of rotatable bonds is 6. The van der Waals surface area contributed by atoms with E-state index in [0.29, 0.717) is 32.9 Å². The number of benzene rings is 1. The molecular formula is C39H56ClN7O5. The molecule has 2 atom stereocenters. The van der Waals surface area contributed by atoms with E-state index in [1.807, 2.05) is 31.9 Å². The molecule has 1 unspecified atom stereocenters. The normalized spacial score (nSPS) is 24.8. The molecule has 0 bridgehead atoms. The van der Waals surface area contributed by atoms with Crippen LogP contribution in [-0.4, -0.2) is 118 Å². The number of piperidine rings is 1. The molecule has 1 aromatic carbocycles. The molecule has 0 radical (unpaired) electrons. The number of ether oxygens (including phenoxy) is 4. The first-order valence-electron chi connectivity index (χ1n) is 19.6. The Kier molecular flexibility index (Phi) is 9.99. The first kappa shape index (κ1) is 36.1. The standard InChI is InChI=1S/C39H56ClN7O5/c1-26-21-31-30(22-41-47(31)32-9-6-7-18-51-32)34(35(26)40)33-27(2)46(28-10-14-44(15-11-28)37(48)52-38(3,4)5)42-36(33)45-17-16-43(25-39(45)12-8-13-39)23-29-24-49-19-20-50-29/h21-22,28-29,32H,6-20,23-25H2,1-5H3/t29-,32?/m1/s1. The first-order chi connectivity index (χ1) is 25.0. The number of piperazine rings is 1. The Hall–Kier alpha value is -2.90. The van der Waals surface area contributed by atoms with Crippen molar-refractivity contribution in [2.24, 2.45) is 0 Å². The molecule has 3 aromatic rings. The summed E-state index contributed by atoms with van der Waals surface area (Å²) in [7, 11) is 0. The van der Waals surface area contributed by atoms with Gasteiger partial charge in [-0.15, -0.1) is 0 Å². The van der Waals surface area contributed by atoms with E-state index in [9.17, 15) is 4.79 Å². The second-order valence-corrected chi connectivity index (χ2v) is 17.1. The van der Waals surface area contributed by atoms with E-state index in [-0.39, 0.29) is 30.0 Å². The van der Waals surface area contributed by atoms with Crippen molar-refractivity contribution in [3.8, 4) is 11.1 Å². The van der Waals surface area contributed by atoms with Crippen molar-refractivity contribution in [1.29, 1.82) is 0 Å². The van der Waals surface area contributed by atoms with Crippen molar-refractivity contribution in [1.82, 2.24) is 29.4 Å². The van der Waals surface area contributed by atoms with Crippen LogP contribution in [0.15, 0.2) is 12.3 Å². The van der Waals surface area contributed by atoms with Crippen molar-refractivity contribution in [2.45, 2.75) is 115 Å². The molecule has 5 aliphatic rings. The zero-order chi connectivity index (χ0) is 36.2. The number of carbonyl (C=O) groups is 1. The van der Waals surface area contributed by atoms with Gasteiger partial charge in [0.05, 0.1) is 54.2 Å². The van der Waals surface area contributed by atoms with Crippen molar-refractivity contribution in [2.75, 3.05) is 70.6 Å². The number of hydrogen-bond acceptors (Lipinski definition) is 9. The van der Waals surface area contributed by atoms with Gasteiger partial charge in [-0.25, -0.2) is 9.48 Å². The second kappa shape index (κ2) is 14.4. The van der Waals surface area contributed by atoms with E-state index in [1.165, 1.54) is 6.42 Å². The van der Waals surface area contributed by atoms with E-state index < -0.39 is 5.60 Å². The third kappa shape index (κ3) is 6.83. The summed E-state index contributed by atoms with van der Waals surface area (Å²) in [6.07, 6.45) is 9.99.